The molecule has 0 spiro atoms. The van der Waals surface area contributed by atoms with Crippen LogP contribution in [0, 0.1) is 6.92 Å². The summed E-state index contributed by atoms with van der Waals surface area (Å²) in [6.07, 6.45) is 5.12. The maximum atomic E-state index is 12.6. The van der Waals surface area contributed by atoms with Crippen LogP contribution in [0.15, 0.2) is 60.8 Å². The molecule has 2 aromatic carbocycles. The lowest BCUT2D eigenvalue weighted by Gasteiger charge is -2.23. The van der Waals surface area contributed by atoms with E-state index in [4.69, 9.17) is 10.5 Å². The van der Waals surface area contributed by atoms with Crippen molar-refractivity contribution in [3.8, 4) is 17.0 Å². The molecule has 2 amide bonds. The van der Waals surface area contributed by atoms with E-state index in [1.54, 1.807) is 24.3 Å². The first-order valence-corrected chi connectivity index (χ1v) is 14.4. The van der Waals surface area contributed by atoms with Crippen LogP contribution in [0.2, 0.25) is 0 Å². The van der Waals surface area contributed by atoms with E-state index in [-0.39, 0.29) is 24.9 Å². The van der Waals surface area contributed by atoms with E-state index in [9.17, 15) is 18.0 Å². The summed E-state index contributed by atoms with van der Waals surface area (Å²) in [5, 5.41) is 11.2. The van der Waals surface area contributed by atoms with Gasteiger partial charge in [-0.15, -0.1) is 5.10 Å². The summed E-state index contributed by atoms with van der Waals surface area (Å²) in [6, 6.07) is 14.3. The second-order valence-electron chi connectivity index (χ2n) is 9.47. The molecule has 2 aromatic heterocycles. The fraction of sp³-hybridized carbons (Fsp3) is 0.214. The second kappa shape index (κ2) is 10.9. The number of carbonyl (C=O) groups is 2. The Morgan fingerprint density at radius 1 is 1.15 bits per heavy atom. The molecule has 0 aliphatic carbocycles. The number of nitrogens with two attached hydrogens (primary N) is 1. The number of aromatic nitrogens is 3. The number of rotatable bonds is 8. The number of carbonyl (C=O) groups excluding carboxylic acids is 2. The molecule has 0 radical (unpaired) electrons. The van der Waals surface area contributed by atoms with E-state index in [1.807, 2.05) is 37.3 Å². The zero-order valence-corrected chi connectivity index (χ0v) is 22.8. The van der Waals surface area contributed by atoms with Crippen LogP contribution >= 0.6 is 0 Å². The van der Waals surface area contributed by atoms with Gasteiger partial charge in [-0.1, -0.05) is 24.3 Å². The van der Waals surface area contributed by atoms with Crippen LogP contribution < -0.4 is 15.8 Å². The summed E-state index contributed by atoms with van der Waals surface area (Å²) in [5.41, 5.74) is 11.5. The van der Waals surface area contributed by atoms with Gasteiger partial charge >= 0.3 is 0 Å². The van der Waals surface area contributed by atoms with Gasteiger partial charge in [-0.3, -0.25) is 9.59 Å². The molecule has 0 fully saturated rings. The Labute approximate surface area is 231 Å². The second-order valence-corrected chi connectivity index (χ2v) is 11.5. The van der Waals surface area contributed by atoms with Crippen LogP contribution in [-0.2, 0) is 14.8 Å². The SMILES string of the molecule is Cc1c(NC(=O)COc2cccnn2)cccc1-c1ccc(C(N)=O)c2[nH]c(C3=CCN(S(C)(=O)=O)CC3)cc12. The van der Waals surface area contributed by atoms with Crippen molar-refractivity contribution in [3.63, 3.8) is 0 Å². The minimum atomic E-state index is -3.28. The molecule has 0 bridgehead atoms. The largest absolute Gasteiger partial charge is 0.466 e. The number of anilines is 1. The van der Waals surface area contributed by atoms with Crippen LogP contribution in [0.3, 0.4) is 0 Å². The van der Waals surface area contributed by atoms with E-state index >= 15 is 0 Å². The molecule has 11 nitrogen and oxygen atoms in total. The van der Waals surface area contributed by atoms with Gasteiger partial charge in [-0.25, -0.2) is 8.42 Å². The molecule has 206 valence electrons. The number of nitrogens with one attached hydrogen (secondary N) is 2. The number of hydrogen-bond acceptors (Lipinski definition) is 7. The van der Waals surface area contributed by atoms with Crippen LogP contribution in [0.5, 0.6) is 5.88 Å². The third-order valence-electron chi connectivity index (χ3n) is 6.84. The third-order valence-corrected chi connectivity index (χ3v) is 8.11. The number of primary amides is 1. The topological polar surface area (TPSA) is 160 Å². The summed E-state index contributed by atoms with van der Waals surface area (Å²) in [7, 11) is -3.28. The highest BCUT2D eigenvalue weighted by Gasteiger charge is 2.23. The molecule has 0 atom stereocenters. The van der Waals surface area contributed by atoms with Crippen LogP contribution in [-0.4, -0.2) is 65.7 Å². The number of nitrogens with zero attached hydrogens (tertiary/aromatic N) is 3. The summed E-state index contributed by atoms with van der Waals surface area (Å²) in [6.45, 7) is 2.32. The predicted molar refractivity (Wildman–Crippen MR) is 152 cm³/mol. The summed E-state index contributed by atoms with van der Waals surface area (Å²) in [5.74, 6) is -0.663. The third kappa shape index (κ3) is 5.58. The molecule has 1 aliphatic rings. The fourth-order valence-corrected chi connectivity index (χ4v) is 5.55. The van der Waals surface area contributed by atoms with Crippen molar-refractivity contribution in [2.24, 2.45) is 5.73 Å². The van der Waals surface area contributed by atoms with Crippen molar-refractivity contribution < 1.29 is 22.7 Å². The lowest BCUT2D eigenvalue weighted by atomic mass is 9.94. The Bertz CT molecular complexity index is 1750. The Hall–Kier alpha value is -4.55. The molecule has 0 saturated heterocycles. The van der Waals surface area contributed by atoms with Gasteiger partial charge in [0.2, 0.25) is 15.9 Å². The van der Waals surface area contributed by atoms with Crippen molar-refractivity contribution in [2.45, 2.75) is 13.3 Å². The van der Waals surface area contributed by atoms with Crippen molar-refractivity contribution in [1.29, 1.82) is 0 Å². The Balaban J connectivity index is 1.47. The first kappa shape index (κ1) is 27.0. The highest BCUT2D eigenvalue weighted by atomic mass is 32.2. The number of ether oxygens (including phenoxy) is 1. The highest BCUT2D eigenvalue weighted by Crippen LogP contribution is 2.37. The molecule has 0 unspecified atom stereocenters. The Morgan fingerprint density at radius 2 is 1.98 bits per heavy atom. The zero-order chi connectivity index (χ0) is 28.4. The normalized spacial score (nSPS) is 14.1. The molecule has 4 N–H and O–H groups in total. The van der Waals surface area contributed by atoms with Gasteiger partial charge < -0.3 is 20.8 Å². The fourth-order valence-electron chi connectivity index (χ4n) is 4.78. The van der Waals surface area contributed by atoms with Gasteiger partial charge in [0.05, 0.1) is 17.3 Å². The number of benzene rings is 2. The van der Waals surface area contributed by atoms with Gasteiger partial charge in [0.25, 0.3) is 11.8 Å². The molecule has 0 saturated carbocycles. The van der Waals surface area contributed by atoms with E-state index < -0.39 is 15.9 Å². The Morgan fingerprint density at radius 3 is 2.65 bits per heavy atom. The quantitative estimate of drug-likeness (QED) is 0.298. The first-order chi connectivity index (χ1) is 19.1. The lowest BCUT2D eigenvalue weighted by molar-refractivity contribution is -0.118. The monoisotopic (exact) mass is 560 g/mol. The molecule has 40 heavy (non-hydrogen) atoms. The van der Waals surface area contributed by atoms with Crippen LogP contribution in [0.1, 0.15) is 28.0 Å². The molecule has 1 aliphatic heterocycles. The van der Waals surface area contributed by atoms with Crippen molar-refractivity contribution >= 4 is 44.0 Å². The summed E-state index contributed by atoms with van der Waals surface area (Å²) in [4.78, 5) is 28.2. The van der Waals surface area contributed by atoms with Crippen LogP contribution in [0.4, 0.5) is 5.69 Å². The molecule has 12 heteroatoms. The lowest BCUT2D eigenvalue weighted by Crippen LogP contribution is -2.33. The van der Waals surface area contributed by atoms with E-state index in [2.05, 4.69) is 20.5 Å². The zero-order valence-electron chi connectivity index (χ0n) is 22.0. The van der Waals surface area contributed by atoms with Gasteiger partial charge in [0.15, 0.2) is 6.61 Å². The minimum absolute atomic E-state index is 0.229. The van der Waals surface area contributed by atoms with E-state index in [0.29, 0.717) is 29.7 Å². The Kier molecular flexibility index (Phi) is 7.37. The smallest absolute Gasteiger partial charge is 0.262 e. The maximum absolute atomic E-state index is 12.6. The van der Waals surface area contributed by atoms with Gasteiger partial charge in [-0.2, -0.15) is 9.40 Å². The summed E-state index contributed by atoms with van der Waals surface area (Å²) < 4.78 is 30.7. The van der Waals surface area contributed by atoms with E-state index in [0.717, 1.165) is 33.3 Å². The average molecular weight is 561 g/mol. The molecule has 5 rings (SSSR count). The van der Waals surface area contributed by atoms with Crippen molar-refractivity contribution in [1.82, 2.24) is 19.5 Å². The van der Waals surface area contributed by atoms with Crippen molar-refractivity contribution in [2.75, 3.05) is 31.3 Å². The predicted octanol–water partition coefficient (Wildman–Crippen LogP) is 3.10. The van der Waals surface area contributed by atoms with Gasteiger partial charge in [0, 0.05) is 42.1 Å². The maximum Gasteiger partial charge on any atom is 0.262 e. The first-order valence-electron chi connectivity index (χ1n) is 12.5. The standard InChI is InChI=1S/C28H28N6O5S/c1-17-19(5-3-6-23(17)31-25(35)16-39-26-7-4-12-30-33-26)20-8-9-21(28(29)36)27-22(20)15-24(32-27)18-10-13-34(14-11-18)40(2,37)38/h3-10,12,15,32H,11,13-14,16H2,1-2H3,(H2,29,36)(H,31,35). The van der Waals surface area contributed by atoms with Gasteiger partial charge in [0.1, 0.15) is 0 Å². The number of fused-ring (bicyclic) bond motifs is 1. The van der Waals surface area contributed by atoms with E-state index in [1.165, 1.54) is 16.8 Å². The average Bonchev–Trinajstić information content (AvgIpc) is 3.38. The molecular weight excluding hydrogens is 532 g/mol. The number of hydrogen-bond donors (Lipinski definition) is 3. The summed E-state index contributed by atoms with van der Waals surface area (Å²) >= 11 is 0. The number of sulfonamides is 1. The highest BCUT2D eigenvalue weighted by molar-refractivity contribution is 7.88. The molecular formula is C28H28N6O5S. The molecule has 3 heterocycles. The van der Waals surface area contributed by atoms with Crippen LogP contribution in [0.25, 0.3) is 27.6 Å². The van der Waals surface area contributed by atoms with Gasteiger partial charge in [-0.05, 0) is 59.9 Å². The minimum Gasteiger partial charge on any atom is -0.466 e. The molecule has 4 aromatic rings. The number of aromatic amines is 1. The number of amides is 2. The number of H-pyrrole nitrogens is 1. The van der Waals surface area contributed by atoms with Crippen molar-refractivity contribution in [3.05, 3.63) is 77.6 Å².